The Morgan fingerprint density at radius 3 is 2.56 bits per heavy atom. The summed E-state index contributed by atoms with van der Waals surface area (Å²) in [7, 11) is 0. The molecule has 11 heteroatoms. The molecule has 0 saturated heterocycles. The molecule has 1 heterocycles. The molecule has 1 saturated carbocycles. The predicted molar refractivity (Wildman–Crippen MR) is 135 cm³/mol. The van der Waals surface area contributed by atoms with Crippen molar-refractivity contribution < 1.29 is 27.1 Å². The zero-order chi connectivity index (χ0) is 26.4. The lowest BCUT2D eigenvalue weighted by Gasteiger charge is -2.28. The number of carbonyl (C=O) groups is 1. The third-order valence-electron chi connectivity index (χ3n) is 6.53. The maximum Gasteiger partial charge on any atom is 0.387 e. The summed E-state index contributed by atoms with van der Waals surface area (Å²) >= 11 is -2.02. The van der Waals surface area contributed by atoms with Crippen LogP contribution >= 0.6 is 0 Å². The largest absolute Gasteiger partial charge is 0.434 e. The van der Waals surface area contributed by atoms with E-state index in [0.717, 1.165) is 37.7 Å². The number of aryl methyl sites for hydroxylation is 1. The Hall–Kier alpha value is -2.37. The summed E-state index contributed by atoms with van der Waals surface area (Å²) in [5.41, 5.74) is 2.81. The van der Waals surface area contributed by atoms with Crippen molar-refractivity contribution in [3.05, 3.63) is 35.0 Å². The number of nitrogens with zero attached hydrogens (tertiary/aromatic N) is 2. The maximum absolute atomic E-state index is 13.3. The molecule has 1 fully saturated rings. The first kappa shape index (κ1) is 28.2. The van der Waals surface area contributed by atoms with Gasteiger partial charge in [0.2, 0.25) is 11.3 Å². The van der Waals surface area contributed by atoms with E-state index in [0.29, 0.717) is 35.8 Å². The van der Waals surface area contributed by atoms with Crippen LogP contribution in [0, 0.1) is 18.8 Å². The van der Waals surface area contributed by atoms with Gasteiger partial charge in [-0.25, -0.2) is 8.93 Å². The number of halogens is 2. The van der Waals surface area contributed by atoms with Crippen LogP contribution in [0.4, 0.5) is 8.78 Å². The van der Waals surface area contributed by atoms with E-state index in [2.05, 4.69) is 29.0 Å². The van der Waals surface area contributed by atoms with E-state index in [1.54, 1.807) is 23.7 Å². The van der Waals surface area contributed by atoms with Gasteiger partial charge in [-0.05, 0) is 75.5 Å². The Morgan fingerprint density at radius 2 is 1.97 bits per heavy atom. The standard InChI is InChI=1S/C25H36F2N4O4S/c1-5-31-23(20-11-8-18(12-15(2)3)13-21(20)35-25(26)27)16(4)22(29-31)24(32)28-14-17-6-9-19(10-7-17)30-36(33)34/h8,11,13,15,17,19,25,30H,5-7,9-10,12,14H2,1-4H3,(H,28,32)(H,33,34). The molecule has 0 bridgehead atoms. The van der Waals surface area contributed by atoms with Crippen LogP contribution in [0.3, 0.4) is 0 Å². The highest BCUT2D eigenvalue weighted by atomic mass is 32.2. The van der Waals surface area contributed by atoms with Gasteiger partial charge in [0.15, 0.2) is 5.69 Å². The van der Waals surface area contributed by atoms with Crippen LogP contribution in [0.5, 0.6) is 5.75 Å². The summed E-state index contributed by atoms with van der Waals surface area (Å²) in [4.78, 5) is 13.0. The van der Waals surface area contributed by atoms with Gasteiger partial charge in [-0.1, -0.05) is 19.9 Å². The van der Waals surface area contributed by atoms with E-state index < -0.39 is 17.9 Å². The number of rotatable bonds is 11. The van der Waals surface area contributed by atoms with Crippen molar-refractivity contribution in [1.82, 2.24) is 19.8 Å². The predicted octanol–water partition coefficient (Wildman–Crippen LogP) is 4.69. The molecule has 1 amide bonds. The molecular weight excluding hydrogens is 490 g/mol. The van der Waals surface area contributed by atoms with E-state index in [-0.39, 0.29) is 29.3 Å². The highest BCUT2D eigenvalue weighted by Crippen LogP contribution is 2.36. The number of ether oxygens (including phenoxy) is 1. The van der Waals surface area contributed by atoms with Crippen molar-refractivity contribution in [1.29, 1.82) is 0 Å². The fourth-order valence-corrected chi connectivity index (χ4v) is 5.36. The van der Waals surface area contributed by atoms with Crippen molar-refractivity contribution >= 4 is 17.2 Å². The first-order valence-electron chi connectivity index (χ1n) is 12.4. The van der Waals surface area contributed by atoms with Gasteiger partial charge in [-0.15, -0.1) is 0 Å². The summed E-state index contributed by atoms with van der Waals surface area (Å²) in [6.07, 6.45) is 3.93. The third-order valence-corrected chi connectivity index (χ3v) is 7.07. The minimum atomic E-state index is -2.97. The van der Waals surface area contributed by atoms with E-state index in [4.69, 9.17) is 9.29 Å². The zero-order valence-corrected chi connectivity index (χ0v) is 22.0. The van der Waals surface area contributed by atoms with E-state index in [1.807, 2.05) is 13.0 Å². The molecule has 1 aromatic carbocycles. The second-order valence-corrected chi connectivity index (χ2v) is 10.5. The lowest BCUT2D eigenvalue weighted by Crippen LogP contribution is -2.37. The molecule has 36 heavy (non-hydrogen) atoms. The quantitative estimate of drug-likeness (QED) is 0.368. The van der Waals surface area contributed by atoms with Gasteiger partial charge in [0, 0.05) is 30.3 Å². The highest BCUT2D eigenvalue weighted by molar-refractivity contribution is 7.77. The number of amides is 1. The van der Waals surface area contributed by atoms with Crippen molar-refractivity contribution in [2.45, 2.75) is 79.0 Å². The second kappa shape index (κ2) is 12.7. The molecular formula is C25H36F2N4O4S. The van der Waals surface area contributed by atoms with Gasteiger partial charge in [0.1, 0.15) is 5.75 Å². The minimum Gasteiger partial charge on any atom is -0.434 e. The molecule has 3 rings (SSSR count). The topological polar surface area (TPSA) is 105 Å². The van der Waals surface area contributed by atoms with Crippen LogP contribution in [0.1, 0.15) is 68.1 Å². The van der Waals surface area contributed by atoms with Crippen molar-refractivity contribution in [2.24, 2.45) is 11.8 Å². The highest BCUT2D eigenvalue weighted by Gasteiger charge is 2.26. The average Bonchev–Trinajstić information content (AvgIpc) is 3.13. The number of hydrogen-bond acceptors (Lipinski definition) is 4. The molecule has 0 radical (unpaired) electrons. The van der Waals surface area contributed by atoms with Gasteiger partial charge < -0.3 is 10.1 Å². The van der Waals surface area contributed by atoms with Crippen LogP contribution < -0.4 is 14.8 Å². The number of carbonyl (C=O) groups excluding carboxylic acids is 1. The summed E-state index contributed by atoms with van der Waals surface area (Å²) in [6.45, 7) is 5.72. The fraction of sp³-hybridized carbons (Fsp3) is 0.600. The average molecular weight is 527 g/mol. The molecule has 1 aliphatic carbocycles. The molecule has 8 nitrogen and oxygen atoms in total. The summed E-state index contributed by atoms with van der Waals surface area (Å²) in [5.74, 6) is 0.387. The van der Waals surface area contributed by atoms with E-state index in [9.17, 15) is 17.8 Å². The molecule has 1 atom stereocenters. The smallest absolute Gasteiger partial charge is 0.387 e. The van der Waals surface area contributed by atoms with Gasteiger partial charge in [-0.2, -0.15) is 13.9 Å². The molecule has 0 spiro atoms. The first-order chi connectivity index (χ1) is 17.1. The van der Waals surface area contributed by atoms with Crippen molar-refractivity contribution in [3.8, 4) is 17.0 Å². The molecule has 1 aliphatic rings. The lowest BCUT2D eigenvalue weighted by molar-refractivity contribution is -0.0495. The van der Waals surface area contributed by atoms with Crippen LogP contribution in [0.15, 0.2) is 18.2 Å². The summed E-state index contributed by atoms with van der Waals surface area (Å²) < 4.78 is 55.6. The Morgan fingerprint density at radius 1 is 1.28 bits per heavy atom. The fourth-order valence-electron chi connectivity index (χ4n) is 4.84. The van der Waals surface area contributed by atoms with Crippen molar-refractivity contribution in [3.63, 3.8) is 0 Å². The van der Waals surface area contributed by atoms with E-state index in [1.165, 1.54) is 0 Å². The number of hydrogen-bond donors (Lipinski definition) is 3. The molecule has 3 N–H and O–H groups in total. The molecule has 0 aliphatic heterocycles. The number of benzene rings is 1. The zero-order valence-electron chi connectivity index (χ0n) is 21.2. The third kappa shape index (κ3) is 7.33. The van der Waals surface area contributed by atoms with Crippen LogP contribution in [-0.4, -0.2) is 43.6 Å². The monoisotopic (exact) mass is 526 g/mol. The Balaban J connectivity index is 1.78. The van der Waals surface area contributed by atoms with Gasteiger partial charge in [0.25, 0.3) is 5.91 Å². The second-order valence-electron chi connectivity index (χ2n) is 9.74. The Labute approximate surface area is 213 Å². The number of alkyl halides is 2. The normalized spacial score (nSPS) is 19.0. The molecule has 200 valence electrons. The SMILES string of the molecule is CCn1nc(C(=O)NCC2CCC(NS(=O)O)CC2)c(C)c1-c1ccc(CC(C)C)cc1OC(F)F. The van der Waals surface area contributed by atoms with Crippen LogP contribution in [0.2, 0.25) is 0 Å². The van der Waals surface area contributed by atoms with Crippen LogP contribution in [0.25, 0.3) is 11.3 Å². The van der Waals surface area contributed by atoms with Gasteiger partial charge >= 0.3 is 6.61 Å². The number of nitrogens with one attached hydrogen (secondary N) is 2. The molecule has 1 aromatic heterocycles. The van der Waals surface area contributed by atoms with Crippen LogP contribution in [-0.2, 0) is 24.2 Å². The van der Waals surface area contributed by atoms with Crippen molar-refractivity contribution in [2.75, 3.05) is 6.54 Å². The molecule has 1 unspecified atom stereocenters. The van der Waals surface area contributed by atoms with Gasteiger partial charge in [-0.3, -0.25) is 14.0 Å². The Bertz CT molecular complexity index is 1070. The maximum atomic E-state index is 13.3. The Kier molecular flexibility index (Phi) is 9.98. The van der Waals surface area contributed by atoms with Gasteiger partial charge in [0.05, 0.1) is 5.69 Å². The summed E-state index contributed by atoms with van der Waals surface area (Å²) in [5, 5.41) is 7.46. The molecule has 2 aromatic rings. The summed E-state index contributed by atoms with van der Waals surface area (Å²) in [6, 6.07) is 5.31. The minimum absolute atomic E-state index is 0.00409. The number of aromatic nitrogens is 2. The van der Waals surface area contributed by atoms with E-state index >= 15 is 0 Å². The first-order valence-corrected chi connectivity index (χ1v) is 13.5. The lowest BCUT2D eigenvalue weighted by atomic mass is 9.86.